The minimum Gasteiger partial charge on any atom is -0.393 e. The quantitative estimate of drug-likeness (QED) is 0.523. The van der Waals surface area contributed by atoms with Gasteiger partial charge in [0.1, 0.15) is 6.61 Å². The Morgan fingerprint density at radius 1 is 1.35 bits per heavy atom. The summed E-state index contributed by atoms with van der Waals surface area (Å²) in [6.45, 7) is 3.20. The first-order chi connectivity index (χ1) is 9.11. The fourth-order valence-corrected chi connectivity index (χ4v) is 1.60. The molecule has 8 heteroatoms. The number of alkyl halides is 3. The number of carbonyl (C=O) groups excluding carboxylic acids is 1. The zero-order valence-electron chi connectivity index (χ0n) is 11.7. The summed E-state index contributed by atoms with van der Waals surface area (Å²) < 4.78 is 40.0. The number of amides is 1. The van der Waals surface area contributed by atoms with Crippen LogP contribution in [-0.4, -0.2) is 48.3 Å². The summed E-state index contributed by atoms with van der Waals surface area (Å²) in [5.74, 6) is -0.00138. The van der Waals surface area contributed by atoms with Gasteiger partial charge >= 0.3 is 6.18 Å². The SMILES string of the molecule is CC(C)CN(CCC(N)=S)C(=O)CCOCC(F)(F)F. The number of ether oxygens (including phenoxy) is 1. The molecule has 118 valence electrons. The second kappa shape index (κ2) is 9.12. The standard InChI is InChI=1S/C12H21F3N2O2S/c1-9(2)7-17(5-3-10(16)20)11(18)4-6-19-8-12(13,14)15/h9H,3-8H2,1-2H3,(H2,16,20). The van der Waals surface area contributed by atoms with E-state index < -0.39 is 12.8 Å². The van der Waals surface area contributed by atoms with Crippen molar-refractivity contribution >= 4 is 23.1 Å². The summed E-state index contributed by atoms with van der Waals surface area (Å²) in [5.41, 5.74) is 5.39. The van der Waals surface area contributed by atoms with Crippen LogP contribution in [0.1, 0.15) is 26.7 Å². The van der Waals surface area contributed by atoms with Gasteiger partial charge in [-0.3, -0.25) is 4.79 Å². The van der Waals surface area contributed by atoms with Crippen molar-refractivity contribution in [2.45, 2.75) is 32.9 Å². The topological polar surface area (TPSA) is 55.6 Å². The molecule has 0 aliphatic rings. The van der Waals surface area contributed by atoms with Gasteiger partial charge in [-0.2, -0.15) is 13.2 Å². The van der Waals surface area contributed by atoms with Crippen molar-refractivity contribution in [3.05, 3.63) is 0 Å². The maximum atomic E-state index is 11.9. The Morgan fingerprint density at radius 3 is 2.40 bits per heavy atom. The van der Waals surface area contributed by atoms with E-state index in [4.69, 9.17) is 18.0 Å². The molecule has 0 heterocycles. The van der Waals surface area contributed by atoms with Crippen LogP contribution in [0.3, 0.4) is 0 Å². The molecule has 4 nitrogen and oxygen atoms in total. The number of nitrogens with two attached hydrogens (primary N) is 1. The fraction of sp³-hybridized carbons (Fsp3) is 0.833. The molecule has 0 atom stereocenters. The second-order valence-electron chi connectivity index (χ2n) is 4.87. The van der Waals surface area contributed by atoms with E-state index in [1.54, 1.807) is 4.90 Å². The highest BCUT2D eigenvalue weighted by molar-refractivity contribution is 7.80. The minimum atomic E-state index is -4.37. The van der Waals surface area contributed by atoms with Crippen LogP contribution < -0.4 is 5.73 Å². The Bertz CT molecular complexity index is 322. The number of nitrogens with zero attached hydrogens (tertiary/aromatic N) is 1. The van der Waals surface area contributed by atoms with Crippen LogP contribution in [0.25, 0.3) is 0 Å². The lowest BCUT2D eigenvalue weighted by Gasteiger charge is -2.24. The van der Waals surface area contributed by atoms with Crippen molar-refractivity contribution < 1.29 is 22.7 Å². The third kappa shape index (κ3) is 11.0. The van der Waals surface area contributed by atoms with Crippen molar-refractivity contribution in [3.8, 4) is 0 Å². The van der Waals surface area contributed by atoms with Gasteiger partial charge in [-0.05, 0) is 5.92 Å². The molecule has 0 aromatic carbocycles. The molecular weight excluding hydrogens is 293 g/mol. The number of hydrogen-bond acceptors (Lipinski definition) is 3. The van der Waals surface area contributed by atoms with Gasteiger partial charge in [0, 0.05) is 19.5 Å². The fourth-order valence-electron chi connectivity index (χ4n) is 1.51. The molecule has 0 saturated heterocycles. The Balaban J connectivity index is 4.16. The van der Waals surface area contributed by atoms with Crippen LogP contribution in [0.5, 0.6) is 0 Å². The van der Waals surface area contributed by atoms with E-state index in [2.05, 4.69) is 4.74 Å². The smallest absolute Gasteiger partial charge is 0.393 e. The number of halogens is 3. The first kappa shape index (κ1) is 19.1. The van der Waals surface area contributed by atoms with Crippen LogP contribution in [0.15, 0.2) is 0 Å². The van der Waals surface area contributed by atoms with E-state index in [9.17, 15) is 18.0 Å². The highest BCUT2D eigenvalue weighted by Gasteiger charge is 2.27. The van der Waals surface area contributed by atoms with Gasteiger partial charge < -0.3 is 15.4 Å². The van der Waals surface area contributed by atoms with E-state index in [1.807, 2.05) is 13.8 Å². The zero-order valence-corrected chi connectivity index (χ0v) is 12.5. The van der Waals surface area contributed by atoms with Gasteiger partial charge in [0.25, 0.3) is 0 Å². The van der Waals surface area contributed by atoms with Crippen LogP contribution in [-0.2, 0) is 9.53 Å². The first-order valence-corrected chi connectivity index (χ1v) is 6.73. The van der Waals surface area contributed by atoms with Gasteiger partial charge in [0.05, 0.1) is 18.0 Å². The Kier molecular flexibility index (Phi) is 8.71. The highest BCUT2D eigenvalue weighted by Crippen LogP contribution is 2.14. The molecule has 0 saturated carbocycles. The van der Waals surface area contributed by atoms with E-state index in [0.29, 0.717) is 24.5 Å². The zero-order chi connectivity index (χ0) is 15.8. The van der Waals surface area contributed by atoms with E-state index in [1.165, 1.54) is 0 Å². The summed E-state index contributed by atoms with van der Waals surface area (Å²) in [6, 6.07) is 0. The lowest BCUT2D eigenvalue weighted by molar-refractivity contribution is -0.175. The van der Waals surface area contributed by atoms with Gasteiger partial charge in [0.15, 0.2) is 0 Å². The second-order valence-corrected chi connectivity index (χ2v) is 5.39. The summed E-state index contributed by atoms with van der Waals surface area (Å²) in [4.78, 5) is 13.8. The minimum absolute atomic E-state index is 0.0832. The molecule has 0 radical (unpaired) electrons. The van der Waals surface area contributed by atoms with Gasteiger partial charge in [0.2, 0.25) is 5.91 Å². The molecule has 0 spiro atoms. The largest absolute Gasteiger partial charge is 0.411 e. The maximum absolute atomic E-state index is 11.9. The molecule has 1 amide bonds. The normalized spacial score (nSPS) is 11.7. The van der Waals surface area contributed by atoms with Crippen molar-refractivity contribution in [1.82, 2.24) is 4.90 Å². The summed E-state index contributed by atoms with van der Waals surface area (Å²) in [7, 11) is 0. The number of carbonyl (C=O) groups is 1. The Morgan fingerprint density at radius 2 is 1.95 bits per heavy atom. The molecule has 0 bridgehead atoms. The van der Waals surface area contributed by atoms with Crippen LogP contribution in [0.2, 0.25) is 0 Å². The van der Waals surface area contributed by atoms with Crippen molar-refractivity contribution in [3.63, 3.8) is 0 Å². The number of thiocarbonyl (C=S) groups is 1. The highest BCUT2D eigenvalue weighted by atomic mass is 32.1. The summed E-state index contributed by atoms with van der Waals surface area (Å²) in [6.07, 6.45) is -4.05. The van der Waals surface area contributed by atoms with Gasteiger partial charge in [-0.1, -0.05) is 26.1 Å². The molecule has 0 unspecified atom stereocenters. The first-order valence-electron chi connectivity index (χ1n) is 6.32. The monoisotopic (exact) mass is 314 g/mol. The summed E-state index contributed by atoms with van der Waals surface area (Å²) in [5, 5.41) is 0. The van der Waals surface area contributed by atoms with Gasteiger partial charge in [-0.25, -0.2) is 0 Å². The molecule has 0 aliphatic heterocycles. The molecule has 0 rings (SSSR count). The van der Waals surface area contributed by atoms with Crippen LogP contribution in [0.4, 0.5) is 13.2 Å². The Labute approximate surface area is 122 Å². The average molecular weight is 314 g/mol. The maximum Gasteiger partial charge on any atom is 0.411 e. The third-order valence-corrected chi connectivity index (χ3v) is 2.50. The lowest BCUT2D eigenvalue weighted by atomic mass is 10.2. The van der Waals surface area contributed by atoms with Crippen molar-refractivity contribution in [1.29, 1.82) is 0 Å². The predicted octanol–water partition coefficient (Wildman–Crippen LogP) is 2.12. The summed E-state index contributed by atoms with van der Waals surface area (Å²) >= 11 is 4.75. The molecule has 0 fully saturated rings. The van der Waals surface area contributed by atoms with E-state index >= 15 is 0 Å². The predicted molar refractivity (Wildman–Crippen MR) is 74.3 cm³/mol. The third-order valence-electron chi connectivity index (χ3n) is 2.29. The van der Waals surface area contributed by atoms with E-state index in [-0.39, 0.29) is 24.9 Å². The molecular formula is C12H21F3N2O2S. The van der Waals surface area contributed by atoms with Gasteiger partial charge in [-0.15, -0.1) is 0 Å². The van der Waals surface area contributed by atoms with Crippen molar-refractivity contribution in [2.24, 2.45) is 11.7 Å². The lowest BCUT2D eigenvalue weighted by Crippen LogP contribution is -2.37. The number of rotatable bonds is 9. The van der Waals surface area contributed by atoms with Crippen molar-refractivity contribution in [2.75, 3.05) is 26.3 Å². The molecule has 0 aromatic rings. The van der Waals surface area contributed by atoms with Crippen LogP contribution >= 0.6 is 12.2 Å². The molecule has 2 N–H and O–H groups in total. The number of hydrogen-bond donors (Lipinski definition) is 1. The Hall–Kier alpha value is -0.890. The average Bonchev–Trinajstić information content (AvgIpc) is 2.27. The molecule has 0 aliphatic carbocycles. The molecule has 0 aromatic heterocycles. The van der Waals surface area contributed by atoms with E-state index in [0.717, 1.165) is 0 Å². The molecule has 20 heavy (non-hydrogen) atoms. The van der Waals surface area contributed by atoms with Crippen LogP contribution in [0, 0.1) is 5.92 Å².